The lowest BCUT2D eigenvalue weighted by atomic mass is 9.94. The molecule has 17 heavy (non-hydrogen) atoms. The quantitative estimate of drug-likeness (QED) is 0.546. The van der Waals surface area contributed by atoms with Crippen molar-refractivity contribution in [3.8, 4) is 0 Å². The summed E-state index contributed by atoms with van der Waals surface area (Å²) < 4.78 is 4.76. The van der Waals surface area contributed by atoms with Crippen LogP contribution in [0.15, 0.2) is 11.6 Å². The van der Waals surface area contributed by atoms with Crippen LogP contribution in [0.4, 0.5) is 0 Å². The highest BCUT2D eigenvalue weighted by molar-refractivity contribution is 5.88. The Morgan fingerprint density at radius 2 is 2.00 bits per heavy atom. The molecule has 0 amide bonds. The van der Waals surface area contributed by atoms with E-state index in [9.17, 15) is 4.79 Å². The maximum atomic E-state index is 11.4. The summed E-state index contributed by atoms with van der Waals surface area (Å²) in [7, 11) is 3.59. The van der Waals surface area contributed by atoms with E-state index in [0.29, 0.717) is 6.04 Å². The predicted molar refractivity (Wildman–Crippen MR) is 69.9 cm³/mol. The van der Waals surface area contributed by atoms with Crippen molar-refractivity contribution in [3.63, 3.8) is 0 Å². The minimum absolute atomic E-state index is 0.190. The van der Waals surface area contributed by atoms with Gasteiger partial charge in [-0.05, 0) is 26.3 Å². The van der Waals surface area contributed by atoms with Crippen molar-refractivity contribution in [3.05, 3.63) is 11.6 Å². The first kappa shape index (κ1) is 14.2. The van der Waals surface area contributed by atoms with Gasteiger partial charge < -0.3 is 4.74 Å². The van der Waals surface area contributed by atoms with Gasteiger partial charge in [0.15, 0.2) is 0 Å². The number of hydrogen-bond acceptors (Lipinski definition) is 3. The van der Waals surface area contributed by atoms with E-state index in [-0.39, 0.29) is 5.97 Å². The molecule has 0 unspecified atom stereocenters. The summed E-state index contributed by atoms with van der Waals surface area (Å²) in [6.07, 6.45) is 9.41. The summed E-state index contributed by atoms with van der Waals surface area (Å²) in [4.78, 5) is 13.8. The van der Waals surface area contributed by atoms with Gasteiger partial charge in [0.25, 0.3) is 0 Å². The van der Waals surface area contributed by atoms with Gasteiger partial charge in [0, 0.05) is 18.2 Å². The smallest absolute Gasteiger partial charge is 0.333 e. The first-order valence-corrected chi connectivity index (χ1v) is 6.66. The number of esters is 1. The normalized spacial score (nSPS) is 18.5. The molecular weight excluding hydrogens is 214 g/mol. The third-order valence-electron chi connectivity index (χ3n) is 3.65. The van der Waals surface area contributed by atoms with Gasteiger partial charge in [0.05, 0.1) is 7.11 Å². The summed E-state index contributed by atoms with van der Waals surface area (Å²) in [6.45, 7) is 2.84. The molecule has 0 bridgehead atoms. The molecule has 1 aliphatic carbocycles. The van der Waals surface area contributed by atoms with Crippen molar-refractivity contribution >= 4 is 5.97 Å². The molecular formula is C14H25NO2. The number of rotatable bonds is 5. The van der Waals surface area contributed by atoms with Gasteiger partial charge in [-0.2, -0.15) is 0 Å². The minimum atomic E-state index is -0.190. The van der Waals surface area contributed by atoms with Crippen LogP contribution in [0, 0.1) is 0 Å². The standard InChI is InChI=1S/C14H25NO2/c1-4-12(14(16)17-3)10-11-15(2)13-8-6-5-7-9-13/h10,13H,4-9,11H2,1-3H3. The molecule has 0 atom stereocenters. The summed E-state index contributed by atoms with van der Waals surface area (Å²) in [5, 5.41) is 0. The third-order valence-corrected chi connectivity index (χ3v) is 3.65. The maximum absolute atomic E-state index is 11.4. The van der Waals surface area contributed by atoms with E-state index in [0.717, 1.165) is 18.5 Å². The van der Waals surface area contributed by atoms with Crippen LogP contribution in [0.2, 0.25) is 0 Å². The van der Waals surface area contributed by atoms with Crippen molar-refractivity contribution in [1.29, 1.82) is 0 Å². The highest BCUT2D eigenvalue weighted by Gasteiger charge is 2.17. The zero-order valence-electron chi connectivity index (χ0n) is 11.4. The Kier molecular flexibility index (Phi) is 6.27. The summed E-state index contributed by atoms with van der Waals surface area (Å²) >= 11 is 0. The summed E-state index contributed by atoms with van der Waals surface area (Å²) in [5.41, 5.74) is 0.787. The van der Waals surface area contributed by atoms with E-state index in [2.05, 4.69) is 11.9 Å². The second kappa shape index (κ2) is 7.49. The van der Waals surface area contributed by atoms with Crippen molar-refractivity contribution in [2.75, 3.05) is 20.7 Å². The minimum Gasteiger partial charge on any atom is -0.466 e. The third kappa shape index (κ3) is 4.50. The van der Waals surface area contributed by atoms with Crippen LogP contribution in [0.25, 0.3) is 0 Å². The molecule has 0 aromatic rings. The molecule has 1 fully saturated rings. The SMILES string of the molecule is CCC(=CCN(C)C1CCCCC1)C(=O)OC. The largest absolute Gasteiger partial charge is 0.466 e. The highest BCUT2D eigenvalue weighted by atomic mass is 16.5. The molecule has 3 heteroatoms. The van der Waals surface area contributed by atoms with Crippen molar-refractivity contribution in [2.45, 2.75) is 51.5 Å². The van der Waals surface area contributed by atoms with Crippen molar-refractivity contribution in [2.24, 2.45) is 0 Å². The molecule has 98 valence electrons. The molecule has 1 rings (SSSR count). The number of likely N-dealkylation sites (N-methyl/N-ethyl adjacent to an activating group) is 1. The lowest BCUT2D eigenvalue weighted by Crippen LogP contribution is -2.33. The Morgan fingerprint density at radius 1 is 1.35 bits per heavy atom. The lowest BCUT2D eigenvalue weighted by Gasteiger charge is -2.30. The zero-order chi connectivity index (χ0) is 12.7. The molecule has 1 aliphatic rings. The van der Waals surface area contributed by atoms with E-state index in [1.807, 2.05) is 13.0 Å². The molecule has 0 aromatic carbocycles. The van der Waals surface area contributed by atoms with E-state index < -0.39 is 0 Å². The molecule has 3 nitrogen and oxygen atoms in total. The Morgan fingerprint density at radius 3 is 2.53 bits per heavy atom. The van der Waals surface area contributed by atoms with Gasteiger partial charge in [0.2, 0.25) is 0 Å². The molecule has 0 radical (unpaired) electrons. The van der Waals surface area contributed by atoms with Crippen LogP contribution < -0.4 is 0 Å². The Labute approximate surface area is 105 Å². The van der Waals surface area contributed by atoms with Crippen molar-refractivity contribution in [1.82, 2.24) is 4.90 Å². The lowest BCUT2D eigenvalue weighted by molar-refractivity contribution is -0.136. The fraction of sp³-hybridized carbons (Fsp3) is 0.786. The topological polar surface area (TPSA) is 29.5 Å². The average Bonchev–Trinajstić information content (AvgIpc) is 2.39. The molecule has 0 heterocycles. The van der Waals surface area contributed by atoms with Gasteiger partial charge in [-0.25, -0.2) is 4.79 Å². The summed E-state index contributed by atoms with van der Waals surface area (Å²) in [5.74, 6) is -0.190. The first-order chi connectivity index (χ1) is 8.19. The molecule has 0 spiro atoms. The predicted octanol–water partition coefficient (Wildman–Crippen LogP) is 2.76. The van der Waals surface area contributed by atoms with Gasteiger partial charge in [0.1, 0.15) is 0 Å². The van der Waals surface area contributed by atoms with Crippen LogP contribution in [-0.4, -0.2) is 37.6 Å². The Hall–Kier alpha value is -0.830. The fourth-order valence-electron chi connectivity index (χ4n) is 2.43. The molecule has 1 saturated carbocycles. The van der Waals surface area contributed by atoms with Gasteiger partial charge in [-0.3, -0.25) is 4.90 Å². The fourth-order valence-corrected chi connectivity index (χ4v) is 2.43. The van der Waals surface area contributed by atoms with Crippen LogP contribution in [0.3, 0.4) is 0 Å². The average molecular weight is 239 g/mol. The second-order valence-electron chi connectivity index (χ2n) is 4.81. The monoisotopic (exact) mass is 239 g/mol. The number of hydrogen-bond donors (Lipinski definition) is 0. The van der Waals surface area contributed by atoms with Gasteiger partial charge in [-0.15, -0.1) is 0 Å². The van der Waals surface area contributed by atoms with Gasteiger partial charge in [-0.1, -0.05) is 32.3 Å². The Balaban J connectivity index is 2.46. The number of ether oxygens (including phenoxy) is 1. The van der Waals surface area contributed by atoms with Crippen LogP contribution in [-0.2, 0) is 9.53 Å². The van der Waals surface area contributed by atoms with E-state index in [1.54, 1.807) is 0 Å². The maximum Gasteiger partial charge on any atom is 0.333 e. The number of methoxy groups -OCH3 is 1. The second-order valence-corrected chi connectivity index (χ2v) is 4.81. The number of carbonyl (C=O) groups is 1. The van der Waals surface area contributed by atoms with Gasteiger partial charge >= 0.3 is 5.97 Å². The zero-order valence-corrected chi connectivity index (χ0v) is 11.4. The van der Waals surface area contributed by atoms with Crippen LogP contribution in [0.5, 0.6) is 0 Å². The first-order valence-electron chi connectivity index (χ1n) is 6.66. The van der Waals surface area contributed by atoms with Crippen LogP contribution >= 0.6 is 0 Å². The van der Waals surface area contributed by atoms with E-state index in [4.69, 9.17) is 4.74 Å². The molecule has 0 aromatic heterocycles. The number of nitrogens with zero attached hydrogens (tertiary/aromatic N) is 1. The van der Waals surface area contributed by atoms with E-state index >= 15 is 0 Å². The Bertz CT molecular complexity index is 267. The van der Waals surface area contributed by atoms with Crippen molar-refractivity contribution < 1.29 is 9.53 Å². The molecule has 0 saturated heterocycles. The summed E-state index contributed by atoms with van der Waals surface area (Å²) in [6, 6.07) is 0.691. The number of carbonyl (C=O) groups excluding carboxylic acids is 1. The molecule has 0 N–H and O–H groups in total. The van der Waals surface area contributed by atoms with E-state index in [1.165, 1.54) is 39.2 Å². The highest BCUT2D eigenvalue weighted by Crippen LogP contribution is 2.21. The molecule has 0 aliphatic heterocycles. The van der Waals surface area contributed by atoms with Crippen LogP contribution in [0.1, 0.15) is 45.4 Å².